The number of thiazole rings is 1. The number of amides is 1. The fourth-order valence-corrected chi connectivity index (χ4v) is 4.57. The molecule has 136 valence electrons. The SMILES string of the molecule is Cc1cc(C(=O)N(CC2CCCO2)c2nc3ccc(Br)cc3s2)nn1C. The van der Waals surface area contributed by atoms with Gasteiger partial charge >= 0.3 is 0 Å². The number of carbonyl (C=O) groups excluding carboxylic acids is 1. The normalized spacial score (nSPS) is 17.1. The summed E-state index contributed by atoms with van der Waals surface area (Å²) in [5.74, 6) is -0.137. The molecule has 6 nitrogen and oxygen atoms in total. The molecule has 0 N–H and O–H groups in total. The van der Waals surface area contributed by atoms with Crippen molar-refractivity contribution in [3.05, 3.63) is 40.1 Å². The molecule has 0 spiro atoms. The first-order valence-electron chi connectivity index (χ1n) is 8.51. The van der Waals surface area contributed by atoms with Crippen LogP contribution in [0.15, 0.2) is 28.7 Å². The van der Waals surface area contributed by atoms with Crippen molar-refractivity contribution in [2.24, 2.45) is 7.05 Å². The molecule has 0 aliphatic carbocycles. The Morgan fingerprint density at radius 3 is 3.00 bits per heavy atom. The van der Waals surface area contributed by atoms with E-state index in [1.165, 1.54) is 11.3 Å². The van der Waals surface area contributed by atoms with E-state index < -0.39 is 0 Å². The zero-order valence-electron chi connectivity index (χ0n) is 14.6. The summed E-state index contributed by atoms with van der Waals surface area (Å²) in [4.78, 5) is 19.6. The van der Waals surface area contributed by atoms with Crippen molar-refractivity contribution in [2.45, 2.75) is 25.9 Å². The molecular formula is C18H19BrN4O2S. The molecule has 4 rings (SSSR count). The summed E-state index contributed by atoms with van der Waals surface area (Å²) in [6.07, 6.45) is 2.03. The topological polar surface area (TPSA) is 60.3 Å². The van der Waals surface area contributed by atoms with Crippen LogP contribution in [0.4, 0.5) is 5.13 Å². The van der Waals surface area contributed by atoms with E-state index in [9.17, 15) is 4.79 Å². The highest BCUT2D eigenvalue weighted by Crippen LogP contribution is 2.32. The predicted molar refractivity (Wildman–Crippen MR) is 106 cm³/mol. The fourth-order valence-electron chi connectivity index (χ4n) is 3.04. The summed E-state index contributed by atoms with van der Waals surface area (Å²) < 4.78 is 9.51. The quantitative estimate of drug-likeness (QED) is 0.623. The highest BCUT2D eigenvalue weighted by molar-refractivity contribution is 9.10. The second kappa shape index (κ2) is 7.09. The number of aryl methyl sites for hydroxylation is 2. The molecule has 0 radical (unpaired) electrons. The van der Waals surface area contributed by atoms with Crippen molar-refractivity contribution in [3.8, 4) is 0 Å². The van der Waals surface area contributed by atoms with Crippen LogP contribution in [0, 0.1) is 6.92 Å². The fraction of sp³-hybridized carbons (Fsp3) is 0.389. The Hall–Kier alpha value is -1.77. The minimum absolute atomic E-state index is 0.0440. The standard InChI is InChI=1S/C18H19BrN4O2S/c1-11-8-15(21-22(11)2)17(24)23(10-13-4-3-7-25-13)18-20-14-6-5-12(19)9-16(14)26-18/h5-6,8-9,13H,3-4,7,10H2,1-2H3. The number of carbonyl (C=O) groups is 1. The lowest BCUT2D eigenvalue weighted by Gasteiger charge is -2.22. The summed E-state index contributed by atoms with van der Waals surface area (Å²) in [6, 6.07) is 7.75. The molecule has 1 atom stereocenters. The van der Waals surface area contributed by atoms with Gasteiger partial charge in [0.15, 0.2) is 10.8 Å². The molecule has 2 aromatic heterocycles. The molecule has 1 fully saturated rings. The van der Waals surface area contributed by atoms with Gasteiger partial charge in [-0.15, -0.1) is 0 Å². The van der Waals surface area contributed by atoms with Crippen molar-refractivity contribution in [1.82, 2.24) is 14.8 Å². The lowest BCUT2D eigenvalue weighted by molar-refractivity contribution is 0.0913. The van der Waals surface area contributed by atoms with Crippen LogP contribution < -0.4 is 4.90 Å². The molecule has 0 bridgehead atoms. The molecule has 1 unspecified atom stereocenters. The van der Waals surface area contributed by atoms with Gasteiger partial charge in [-0.25, -0.2) is 4.98 Å². The molecule has 1 aliphatic rings. The molecule has 8 heteroatoms. The Bertz CT molecular complexity index is 942. The summed E-state index contributed by atoms with van der Waals surface area (Å²) in [6.45, 7) is 3.18. The van der Waals surface area contributed by atoms with Crippen LogP contribution >= 0.6 is 27.3 Å². The highest BCUT2D eigenvalue weighted by atomic mass is 79.9. The highest BCUT2D eigenvalue weighted by Gasteiger charge is 2.28. The van der Waals surface area contributed by atoms with Crippen LogP contribution in [-0.2, 0) is 11.8 Å². The van der Waals surface area contributed by atoms with E-state index in [0.717, 1.165) is 39.8 Å². The third-order valence-electron chi connectivity index (χ3n) is 4.56. The van der Waals surface area contributed by atoms with Gasteiger partial charge in [0.2, 0.25) is 0 Å². The maximum absolute atomic E-state index is 13.2. The van der Waals surface area contributed by atoms with Gasteiger partial charge in [-0.3, -0.25) is 14.4 Å². The Balaban J connectivity index is 1.72. The predicted octanol–water partition coefficient (Wildman–Crippen LogP) is 3.93. The van der Waals surface area contributed by atoms with E-state index in [2.05, 4.69) is 26.0 Å². The number of rotatable bonds is 4. The van der Waals surface area contributed by atoms with Gasteiger partial charge in [-0.2, -0.15) is 5.10 Å². The van der Waals surface area contributed by atoms with Gasteiger partial charge in [0.05, 0.1) is 22.9 Å². The van der Waals surface area contributed by atoms with Crippen molar-refractivity contribution in [3.63, 3.8) is 0 Å². The second-order valence-electron chi connectivity index (χ2n) is 6.45. The van der Waals surface area contributed by atoms with Gasteiger partial charge in [-0.1, -0.05) is 27.3 Å². The van der Waals surface area contributed by atoms with Crippen LogP contribution in [0.1, 0.15) is 29.0 Å². The Labute approximate surface area is 163 Å². The van der Waals surface area contributed by atoms with Crippen LogP contribution in [0.5, 0.6) is 0 Å². The zero-order valence-corrected chi connectivity index (χ0v) is 17.0. The Kier molecular flexibility index (Phi) is 4.81. The molecule has 26 heavy (non-hydrogen) atoms. The number of halogens is 1. The number of anilines is 1. The summed E-state index contributed by atoms with van der Waals surface area (Å²) >= 11 is 5.00. The molecule has 1 amide bonds. The number of hydrogen-bond donors (Lipinski definition) is 0. The molecule has 1 aromatic carbocycles. The largest absolute Gasteiger partial charge is 0.376 e. The first kappa shape index (κ1) is 17.6. The number of aromatic nitrogens is 3. The van der Waals surface area contributed by atoms with Crippen molar-refractivity contribution >= 4 is 48.5 Å². The van der Waals surface area contributed by atoms with Crippen LogP contribution in [-0.4, -0.2) is 39.9 Å². The smallest absolute Gasteiger partial charge is 0.280 e. The van der Waals surface area contributed by atoms with E-state index >= 15 is 0 Å². The maximum atomic E-state index is 13.2. The molecule has 3 heterocycles. The third kappa shape index (κ3) is 3.41. The lowest BCUT2D eigenvalue weighted by atomic mass is 10.2. The first-order chi connectivity index (χ1) is 12.5. The monoisotopic (exact) mass is 434 g/mol. The summed E-state index contributed by atoms with van der Waals surface area (Å²) in [5, 5.41) is 5.04. The Morgan fingerprint density at radius 2 is 2.31 bits per heavy atom. The average molecular weight is 435 g/mol. The van der Waals surface area contributed by atoms with Gasteiger partial charge < -0.3 is 4.74 Å². The van der Waals surface area contributed by atoms with E-state index in [1.807, 2.05) is 38.2 Å². The number of hydrogen-bond acceptors (Lipinski definition) is 5. The van der Waals surface area contributed by atoms with Gasteiger partial charge in [0.25, 0.3) is 5.91 Å². The third-order valence-corrected chi connectivity index (χ3v) is 6.09. The van der Waals surface area contributed by atoms with Crippen molar-refractivity contribution in [1.29, 1.82) is 0 Å². The van der Waals surface area contributed by atoms with Crippen molar-refractivity contribution < 1.29 is 9.53 Å². The molecular weight excluding hydrogens is 416 g/mol. The van der Waals surface area contributed by atoms with Crippen LogP contribution in [0.2, 0.25) is 0 Å². The van der Waals surface area contributed by atoms with Gasteiger partial charge in [0, 0.05) is 23.8 Å². The number of benzene rings is 1. The van der Waals surface area contributed by atoms with E-state index in [-0.39, 0.29) is 12.0 Å². The first-order valence-corrected chi connectivity index (χ1v) is 10.1. The Morgan fingerprint density at radius 1 is 1.46 bits per heavy atom. The summed E-state index contributed by atoms with van der Waals surface area (Å²) in [5.41, 5.74) is 2.26. The molecule has 1 saturated heterocycles. The molecule has 0 saturated carbocycles. The maximum Gasteiger partial charge on any atom is 0.280 e. The minimum Gasteiger partial charge on any atom is -0.376 e. The number of ether oxygens (including phenoxy) is 1. The lowest BCUT2D eigenvalue weighted by Crippen LogP contribution is -2.37. The van der Waals surface area contributed by atoms with E-state index in [0.29, 0.717) is 17.4 Å². The average Bonchev–Trinajstić information content (AvgIpc) is 3.33. The number of fused-ring (bicyclic) bond motifs is 1. The zero-order chi connectivity index (χ0) is 18.3. The van der Waals surface area contributed by atoms with Crippen LogP contribution in [0.25, 0.3) is 10.2 Å². The van der Waals surface area contributed by atoms with E-state index in [4.69, 9.17) is 4.74 Å². The number of nitrogens with zero attached hydrogens (tertiary/aromatic N) is 4. The van der Waals surface area contributed by atoms with E-state index in [1.54, 1.807) is 9.58 Å². The van der Waals surface area contributed by atoms with Crippen molar-refractivity contribution in [2.75, 3.05) is 18.1 Å². The van der Waals surface area contributed by atoms with Crippen LogP contribution in [0.3, 0.4) is 0 Å². The van der Waals surface area contributed by atoms with Gasteiger partial charge in [-0.05, 0) is 44.0 Å². The summed E-state index contributed by atoms with van der Waals surface area (Å²) in [7, 11) is 1.84. The molecule has 3 aromatic rings. The minimum atomic E-state index is -0.137. The second-order valence-corrected chi connectivity index (χ2v) is 8.38. The van der Waals surface area contributed by atoms with Gasteiger partial charge in [0.1, 0.15) is 0 Å². The molecule has 1 aliphatic heterocycles.